The van der Waals surface area contributed by atoms with Crippen LogP contribution in [0.2, 0.25) is 0 Å². The molecule has 2 heterocycles. The largest absolute Gasteiger partial charge is 0.371 e. The maximum Gasteiger partial charge on any atom is 0.191 e. The third-order valence-corrected chi connectivity index (χ3v) is 5.34. The van der Waals surface area contributed by atoms with Crippen molar-refractivity contribution >= 4 is 11.6 Å². The minimum atomic E-state index is 0.434. The molecule has 3 N–H and O–H groups in total. The number of nitrogens with zero attached hydrogens (tertiary/aromatic N) is 4. The predicted octanol–water partition coefficient (Wildman–Crippen LogP) is 3.20. The van der Waals surface area contributed by atoms with Crippen molar-refractivity contribution in [1.29, 1.82) is 0 Å². The van der Waals surface area contributed by atoms with E-state index in [1.54, 1.807) is 0 Å². The molecule has 0 unspecified atom stereocenters. The van der Waals surface area contributed by atoms with Crippen LogP contribution in [-0.4, -0.2) is 46.8 Å². The number of benzene rings is 2. The van der Waals surface area contributed by atoms with E-state index in [9.17, 15) is 0 Å². The lowest BCUT2D eigenvalue weighted by molar-refractivity contribution is 0.461. The molecule has 1 fully saturated rings. The molecule has 7 nitrogen and oxygen atoms in total. The topological polar surface area (TPSA) is 81.2 Å². The summed E-state index contributed by atoms with van der Waals surface area (Å²) >= 11 is 0. The molecule has 1 saturated heterocycles. The molecular formula is C23H29N7. The summed E-state index contributed by atoms with van der Waals surface area (Å²) < 4.78 is 0. The highest BCUT2D eigenvalue weighted by Crippen LogP contribution is 2.19. The highest BCUT2D eigenvalue weighted by Gasteiger charge is 2.20. The highest BCUT2D eigenvalue weighted by molar-refractivity contribution is 5.80. The summed E-state index contributed by atoms with van der Waals surface area (Å²) in [4.78, 5) is 11.5. The standard InChI is InChI=1S/C23H29N7/c1-2-24-23(25-16-18-7-6-8-19(15-18)22-26-17-27-29-22)28-20-11-13-30(14-12-20)21-9-4-3-5-10-21/h3-10,15,17,20H,2,11-14,16H2,1H3,(H2,24,25,28)(H,26,27,29). The second kappa shape index (κ2) is 9.91. The number of guanidine groups is 1. The molecule has 0 amide bonds. The Bertz CT molecular complexity index is 929. The van der Waals surface area contributed by atoms with Crippen molar-refractivity contribution in [1.82, 2.24) is 25.8 Å². The smallest absolute Gasteiger partial charge is 0.191 e. The van der Waals surface area contributed by atoms with Crippen LogP contribution < -0.4 is 15.5 Å². The molecule has 4 rings (SSSR count). The maximum absolute atomic E-state index is 4.81. The Balaban J connectivity index is 1.35. The number of piperidine rings is 1. The number of hydrogen-bond acceptors (Lipinski definition) is 4. The second-order valence-corrected chi connectivity index (χ2v) is 7.47. The number of H-pyrrole nitrogens is 1. The van der Waals surface area contributed by atoms with E-state index in [-0.39, 0.29) is 0 Å². The summed E-state index contributed by atoms with van der Waals surface area (Å²) in [7, 11) is 0. The van der Waals surface area contributed by atoms with Crippen molar-refractivity contribution in [2.24, 2.45) is 4.99 Å². The number of hydrogen-bond donors (Lipinski definition) is 3. The van der Waals surface area contributed by atoms with Crippen molar-refractivity contribution in [3.63, 3.8) is 0 Å². The molecule has 2 aromatic carbocycles. The van der Waals surface area contributed by atoms with Crippen LogP contribution in [0.4, 0.5) is 5.69 Å². The molecule has 1 aliphatic heterocycles. The van der Waals surface area contributed by atoms with Gasteiger partial charge in [-0.15, -0.1) is 0 Å². The fourth-order valence-electron chi connectivity index (χ4n) is 3.77. The van der Waals surface area contributed by atoms with E-state index in [0.29, 0.717) is 12.6 Å². The van der Waals surface area contributed by atoms with Crippen molar-refractivity contribution in [3.8, 4) is 11.4 Å². The van der Waals surface area contributed by atoms with Crippen LogP contribution in [0, 0.1) is 0 Å². The molecule has 0 atom stereocenters. The monoisotopic (exact) mass is 403 g/mol. The second-order valence-electron chi connectivity index (χ2n) is 7.47. The molecule has 1 aliphatic rings. The Labute approximate surface area is 177 Å². The Kier molecular flexibility index (Phi) is 6.59. The van der Waals surface area contributed by atoms with Gasteiger partial charge in [-0.1, -0.05) is 36.4 Å². The van der Waals surface area contributed by atoms with Crippen molar-refractivity contribution in [2.45, 2.75) is 32.4 Å². The number of aromatic nitrogens is 3. The summed E-state index contributed by atoms with van der Waals surface area (Å²) in [6.07, 6.45) is 3.72. The third-order valence-electron chi connectivity index (χ3n) is 5.34. The fourth-order valence-corrected chi connectivity index (χ4v) is 3.77. The van der Waals surface area contributed by atoms with E-state index in [2.05, 4.69) is 80.1 Å². The average molecular weight is 404 g/mol. The van der Waals surface area contributed by atoms with Crippen LogP contribution >= 0.6 is 0 Å². The van der Waals surface area contributed by atoms with Gasteiger partial charge in [0.1, 0.15) is 6.33 Å². The van der Waals surface area contributed by atoms with Gasteiger partial charge in [0.15, 0.2) is 11.8 Å². The Morgan fingerprint density at radius 2 is 1.97 bits per heavy atom. The molecule has 1 aromatic heterocycles. The third kappa shape index (κ3) is 5.17. The van der Waals surface area contributed by atoms with E-state index in [1.165, 1.54) is 12.0 Å². The van der Waals surface area contributed by atoms with Crippen molar-refractivity contribution in [2.75, 3.05) is 24.5 Å². The number of aromatic amines is 1. The van der Waals surface area contributed by atoms with Crippen molar-refractivity contribution < 1.29 is 0 Å². The van der Waals surface area contributed by atoms with Gasteiger partial charge in [0.05, 0.1) is 6.54 Å². The van der Waals surface area contributed by atoms with Gasteiger partial charge < -0.3 is 15.5 Å². The molecule has 0 radical (unpaired) electrons. The molecule has 0 spiro atoms. The van der Waals surface area contributed by atoms with Crippen LogP contribution in [0.5, 0.6) is 0 Å². The van der Waals surface area contributed by atoms with E-state index in [4.69, 9.17) is 4.99 Å². The lowest BCUT2D eigenvalue weighted by Crippen LogP contribution is -2.48. The number of para-hydroxylation sites is 1. The van der Waals surface area contributed by atoms with Gasteiger partial charge >= 0.3 is 0 Å². The van der Waals surface area contributed by atoms with Gasteiger partial charge in [-0.3, -0.25) is 5.10 Å². The van der Waals surface area contributed by atoms with Gasteiger partial charge in [0.25, 0.3) is 0 Å². The first-order valence-electron chi connectivity index (χ1n) is 10.6. The normalized spacial score (nSPS) is 15.2. The summed E-state index contributed by atoms with van der Waals surface area (Å²) in [6.45, 7) is 5.66. The summed E-state index contributed by atoms with van der Waals surface area (Å²) in [5.41, 5.74) is 3.47. The number of anilines is 1. The molecule has 156 valence electrons. The maximum atomic E-state index is 4.81. The summed E-state index contributed by atoms with van der Waals surface area (Å²) in [5.74, 6) is 1.65. The highest BCUT2D eigenvalue weighted by atomic mass is 15.2. The van der Waals surface area contributed by atoms with Crippen LogP contribution in [0.3, 0.4) is 0 Å². The number of nitrogens with one attached hydrogen (secondary N) is 3. The first-order chi connectivity index (χ1) is 14.8. The molecule has 0 bridgehead atoms. The molecule has 0 aliphatic carbocycles. The zero-order chi connectivity index (χ0) is 20.6. The zero-order valence-electron chi connectivity index (χ0n) is 17.4. The Hall–Kier alpha value is -3.35. The van der Waals surface area contributed by atoms with Gasteiger partial charge in [0.2, 0.25) is 0 Å². The van der Waals surface area contributed by atoms with E-state index < -0.39 is 0 Å². The number of aliphatic imine (C=N–C) groups is 1. The lowest BCUT2D eigenvalue weighted by atomic mass is 10.0. The Morgan fingerprint density at radius 3 is 2.70 bits per heavy atom. The molecular weight excluding hydrogens is 374 g/mol. The van der Waals surface area contributed by atoms with Crippen LogP contribution in [0.1, 0.15) is 25.3 Å². The molecule has 0 saturated carbocycles. The minimum absolute atomic E-state index is 0.434. The molecule has 30 heavy (non-hydrogen) atoms. The Morgan fingerprint density at radius 1 is 1.13 bits per heavy atom. The quantitative estimate of drug-likeness (QED) is 0.435. The van der Waals surface area contributed by atoms with Crippen molar-refractivity contribution in [3.05, 3.63) is 66.5 Å². The molecule has 7 heteroatoms. The van der Waals surface area contributed by atoms with Crippen LogP contribution in [0.25, 0.3) is 11.4 Å². The van der Waals surface area contributed by atoms with E-state index >= 15 is 0 Å². The first-order valence-corrected chi connectivity index (χ1v) is 10.6. The molecule has 3 aromatic rings. The number of rotatable bonds is 6. The summed E-state index contributed by atoms with van der Waals surface area (Å²) in [6, 6.07) is 19.3. The summed E-state index contributed by atoms with van der Waals surface area (Å²) in [5, 5.41) is 13.8. The van der Waals surface area contributed by atoms with Crippen LogP contribution in [-0.2, 0) is 6.54 Å². The predicted molar refractivity (Wildman–Crippen MR) is 121 cm³/mol. The lowest BCUT2D eigenvalue weighted by Gasteiger charge is -2.34. The van der Waals surface area contributed by atoms with Gasteiger partial charge in [-0.2, -0.15) is 5.10 Å². The fraction of sp³-hybridized carbons (Fsp3) is 0.348. The van der Waals surface area contributed by atoms with Crippen LogP contribution in [0.15, 0.2) is 65.9 Å². The minimum Gasteiger partial charge on any atom is -0.371 e. The average Bonchev–Trinajstić information content (AvgIpc) is 3.34. The zero-order valence-corrected chi connectivity index (χ0v) is 17.4. The SMILES string of the molecule is CCNC(=NCc1cccc(-c2ncn[nH]2)c1)NC1CCN(c2ccccc2)CC1. The van der Waals surface area contributed by atoms with Gasteiger partial charge in [-0.05, 0) is 43.5 Å². The van der Waals surface area contributed by atoms with Gasteiger partial charge in [-0.25, -0.2) is 9.98 Å². The van der Waals surface area contributed by atoms with Gasteiger partial charge in [0, 0.05) is 36.9 Å². The first kappa shape index (κ1) is 19.9. The van der Waals surface area contributed by atoms with E-state index in [0.717, 1.165) is 55.4 Å². The van der Waals surface area contributed by atoms with E-state index in [1.807, 2.05) is 12.1 Å².